The molecule has 0 fully saturated rings. The van der Waals surface area contributed by atoms with Crippen LogP contribution >= 0.6 is 0 Å². The number of hydrogen-bond donors (Lipinski definition) is 2. The first-order chi connectivity index (χ1) is 6.74. The van der Waals surface area contributed by atoms with Gasteiger partial charge in [0.25, 0.3) is 5.56 Å². The highest BCUT2D eigenvalue weighted by Crippen LogP contribution is 2.24. The van der Waals surface area contributed by atoms with Gasteiger partial charge in [-0.15, -0.1) is 5.10 Å². The van der Waals surface area contributed by atoms with E-state index in [0.717, 1.165) is 0 Å². The highest BCUT2D eigenvalue weighted by molar-refractivity contribution is 5.95. The van der Waals surface area contributed by atoms with Crippen molar-refractivity contribution in [3.8, 4) is 5.88 Å². The molecule has 3 N–H and O–H groups in total. The molecule has 2 aromatic rings. The number of nitrogens with zero attached hydrogens (tertiary/aromatic N) is 1. The molecule has 0 spiro atoms. The van der Waals surface area contributed by atoms with Crippen molar-refractivity contribution in [3.63, 3.8) is 0 Å². The van der Waals surface area contributed by atoms with Gasteiger partial charge in [0.15, 0.2) is 0 Å². The lowest BCUT2D eigenvalue weighted by molar-refractivity contribution is 0.397. The lowest BCUT2D eigenvalue weighted by atomic mass is 10.1. The van der Waals surface area contributed by atoms with Crippen LogP contribution in [0.2, 0.25) is 0 Å². The molecule has 0 unspecified atom stereocenters. The van der Waals surface area contributed by atoms with Crippen molar-refractivity contribution in [2.24, 2.45) is 0 Å². The van der Waals surface area contributed by atoms with E-state index in [1.165, 1.54) is 7.11 Å². The number of rotatable bonds is 1. The molecule has 2 rings (SSSR count). The van der Waals surface area contributed by atoms with Crippen LogP contribution < -0.4 is 16.0 Å². The molecule has 0 saturated carbocycles. The van der Waals surface area contributed by atoms with Crippen molar-refractivity contribution < 1.29 is 4.74 Å². The number of aromatic amines is 1. The maximum Gasteiger partial charge on any atom is 0.272 e. The average molecular weight is 191 g/mol. The van der Waals surface area contributed by atoms with E-state index in [1.807, 2.05) is 0 Å². The maximum atomic E-state index is 11.4. The van der Waals surface area contributed by atoms with Crippen LogP contribution in [0, 0.1) is 0 Å². The summed E-state index contributed by atoms with van der Waals surface area (Å²) in [7, 11) is 1.48. The van der Waals surface area contributed by atoms with Gasteiger partial charge in [0.1, 0.15) is 0 Å². The van der Waals surface area contributed by atoms with Gasteiger partial charge in [0.2, 0.25) is 5.88 Å². The third-order valence-corrected chi connectivity index (χ3v) is 2.01. The molecule has 0 radical (unpaired) electrons. The highest BCUT2D eigenvalue weighted by Gasteiger charge is 2.08. The lowest BCUT2D eigenvalue weighted by Crippen LogP contribution is -2.10. The molecular weight excluding hydrogens is 182 g/mol. The van der Waals surface area contributed by atoms with Crippen molar-refractivity contribution in [2.45, 2.75) is 0 Å². The predicted molar refractivity (Wildman–Crippen MR) is 53.3 cm³/mol. The number of methoxy groups -OCH3 is 1. The Morgan fingerprint density at radius 1 is 1.50 bits per heavy atom. The fourth-order valence-corrected chi connectivity index (χ4v) is 1.36. The van der Waals surface area contributed by atoms with Crippen LogP contribution in [-0.4, -0.2) is 17.3 Å². The first kappa shape index (κ1) is 8.55. The van der Waals surface area contributed by atoms with E-state index >= 15 is 0 Å². The average Bonchev–Trinajstić information content (AvgIpc) is 2.20. The van der Waals surface area contributed by atoms with Crippen LogP contribution in [0.5, 0.6) is 5.88 Å². The zero-order valence-corrected chi connectivity index (χ0v) is 7.57. The summed E-state index contributed by atoms with van der Waals surface area (Å²) in [6.07, 6.45) is 0. The molecule has 0 saturated heterocycles. The Bertz CT molecular complexity index is 533. The number of hydrogen-bond acceptors (Lipinski definition) is 4. The van der Waals surface area contributed by atoms with E-state index in [-0.39, 0.29) is 5.56 Å². The fraction of sp³-hybridized carbons (Fsp3) is 0.111. The van der Waals surface area contributed by atoms with Gasteiger partial charge in [-0.2, -0.15) is 0 Å². The molecule has 0 amide bonds. The van der Waals surface area contributed by atoms with Crippen LogP contribution in [0.25, 0.3) is 10.8 Å². The van der Waals surface area contributed by atoms with Crippen molar-refractivity contribution in [3.05, 3.63) is 28.6 Å². The Morgan fingerprint density at radius 2 is 2.29 bits per heavy atom. The second kappa shape index (κ2) is 3.02. The fourth-order valence-electron chi connectivity index (χ4n) is 1.36. The second-order valence-electron chi connectivity index (χ2n) is 2.83. The molecule has 1 heterocycles. The number of anilines is 1. The van der Waals surface area contributed by atoms with E-state index in [0.29, 0.717) is 22.3 Å². The van der Waals surface area contributed by atoms with Crippen molar-refractivity contribution >= 4 is 16.5 Å². The molecular formula is C9H9N3O2. The Balaban J connectivity index is 3.00. The maximum absolute atomic E-state index is 11.4. The van der Waals surface area contributed by atoms with Crippen LogP contribution in [0.15, 0.2) is 23.0 Å². The van der Waals surface area contributed by atoms with Gasteiger partial charge in [0.05, 0.1) is 17.9 Å². The van der Waals surface area contributed by atoms with Gasteiger partial charge in [-0.25, -0.2) is 5.10 Å². The molecule has 0 aliphatic rings. The Labute approximate surface area is 79.5 Å². The van der Waals surface area contributed by atoms with Crippen LogP contribution in [0.1, 0.15) is 0 Å². The number of aromatic nitrogens is 2. The minimum Gasteiger partial charge on any atom is -0.479 e. The summed E-state index contributed by atoms with van der Waals surface area (Å²) >= 11 is 0. The summed E-state index contributed by atoms with van der Waals surface area (Å²) in [5.41, 5.74) is 5.94. The highest BCUT2D eigenvalue weighted by atomic mass is 16.5. The summed E-state index contributed by atoms with van der Waals surface area (Å²) in [5.74, 6) is 0.331. The predicted octanol–water partition coefficient (Wildman–Crippen LogP) is 0.514. The number of ether oxygens (including phenoxy) is 1. The Morgan fingerprint density at radius 3 is 3.00 bits per heavy atom. The number of benzene rings is 1. The third kappa shape index (κ3) is 1.10. The van der Waals surface area contributed by atoms with Crippen molar-refractivity contribution in [2.75, 3.05) is 12.8 Å². The monoisotopic (exact) mass is 191 g/mol. The topological polar surface area (TPSA) is 81.0 Å². The molecule has 1 aromatic heterocycles. The van der Waals surface area contributed by atoms with Gasteiger partial charge in [0, 0.05) is 5.69 Å². The van der Waals surface area contributed by atoms with E-state index in [2.05, 4.69) is 10.2 Å². The van der Waals surface area contributed by atoms with Crippen LogP contribution in [0.3, 0.4) is 0 Å². The molecule has 0 bridgehead atoms. The van der Waals surface area contributed by atoms with Crippen LogP contribution in [-0.2, 0) is 0 Å². The van der Waals surface area contributed by atoms with Gasteiger partial charge >= 0.3 is 0 Å². The minimum atomic E-state index is -0.270. The quantitative estimate of drug-likeness (QED) is 0.643. The normalized spacial score (nSPS) is 10.4. The molecule has 0 atom stereocenters. The number of fused-ring (bicyclic) bond motifs is 1. The molecule has 1 aromatic carbocycles. The second-order valence-corrected chi connectivity index (χ2v) is 2.83. The Kier molecular flexibility index (Phi) is 1.85. The summed E-state index contributed by atoms with van der Waals surface area (Å²) < 4.78 is 5.00. The lowest BCUT2D eigenvalue weighted by Gasteiger charge is -2.04. The van der Waals surface area contributed by atoms with E-state index in [9.17, 15) is 4.79 Å². The summed E-state index contributed by atoms with van der Waals surface area (Å²) in [5, 5.41) is 7.12. The Hall–Kier alpha value is -2.04. The molecule has 0 aliphatic heterocycles. The van der Waals surface area contributed by atoms with Gasteiger partial charge in [-0.1, -0.05) is 6.07 Å². The van der Waals surface area contributed by atoms with E-state index < -0.39 is 0 Å². The zero-order chi connectivity index (χ0) is 10.1. The number of H-pyrrole nitrogens is 1. The van der Waals surface area contributed by atoms with E-state index in [1.54, 1.807) is 18.2 Å². The van der Waals surface area contributed by atoms with E-state index in [4.69, 9.17) is 10.5 Å². The zero-order valence-electron chi connectivity index (χ0n) is 7.57. The molecule has 14 heavy (non-hydrogen) atoms. The third-order valence-electron chi connectivity index (χ3n) is 2.01. The SMILES string of the molecule is COc1n[nH]c(=O)c2cccc(N)c12. The molecule has 72 valence electrons. The standard InChI is InChI=1S/C9H9N3O2/c1-14-9-7-5(8(13)11-12-9)3-2-4-6(7)10/h2-4H,10H2,1H3,(H,11,13). The first-order valence-electron chi connectivity index (χ1n) is 4.05. The summed E-state index contributed by atoms with van der Waals surface area (Å²) in [6, 6.07) is 5.09. The minimum absolute atomic E-state index is 0.270. The van der Waals surface area contributed by atoms with Gasteiger partial charge in [-0.05, 0) is 12.1 Å². The number of nitrogens with one attached hydrogen (secondary N) is 1. The smallest absolute Gasteiger partial charge is 0.272 e. The summed E-state index contributed by atoms with van der Waals surface area (Å²) in [6.45, 7) is 0. The van der Waals surface area contributed by atoms with Gasteiger partial charge in [-0.3, -0.25) is 4.79 Å². The van der Waals surface area contributed by atoms with Gasteiger partial charge < -0.3 is 10.5 Å². The largest absolute Gasteiger partial charge is 0.479 e. The number of nitrogen functional groups attached to an aromatic ring is 1. The summed E-state index contributed by atoms with van der Waals surface area (Å²) in [4.78, 5) is 11.4. The van der Waals surface area contributed by atoms with Crippen molar-refractivity contribution in [1.29, 1.82) is 0 Å². The molecule has 0 aliphatic carbocycles. The number of nitrogens with two attached hydrogens (primary N) is 1. The first-order valence-corrected chi connectivity index (χ1v) is 4.05. The van der Waals surface area contributed by atoms with Crippen LogP contribution in [0.4, 0.5) is 5.69 Å². The molecule has 5 nitrogen and oxygen atoms in total. The van der Waals surface area contributed by atoms with Crippen molar-refractivity contribution in [1.82, 2.24) is 10.2 Å². The molecule has 5 heteroatoms.